The smallest absolute Gasteiger partial charge is 0.336 e. The maximum atomic E-state index is 11.6. The highest BCUT2D eigenvalue weighted by Crippen LogP contribution is 2.38. The third kappa shape index (κ3) is 2.54. The number of hydrogen-bond donors (Lipinski definition) is 0. The molecule has 1 aliphatic heterocycles. The average molecular weight is 374 g/mol. The van der Waals surface area contributed by atoms with Crippen LogP contribution in [0.2, 0.25) is 0 Å². The summed E-state index contributed by atoms with van der Waals surface area (Å²) in [5.74, 6) is 0.317. The average Bonchev–Trinajstić information content (AvgIpc) is 2.90. The summed E-state index contributed by atoms with van der Waals surface area (Å²) in [6.45, 7) is 0. The maximum absolute atomic E-state index is 11.6. The Hall–Kier alpha value is -1.88. The molecule has 0 N–H and O–H groups in total. The Morgan fingerprint density at radius 3 is 2.15 bits per heavy atom. The van der Waals surface area contributed by atoms with Crippen molar-refractivity contribution in [3.8, 4) is 0 Å². The number of rotatable bonds is 2. The van der Waals surface area contributed by atoms with Crippen molar-refractivity contribution in [2.45, 2.75) is 0 Å². The van der Waals surface area contributed by atoms with Crippen molar-refractivity contribution in [3.05, 3.63) is 83.6 Å². The minimum Gasteiger partial charge on any atom is -0.422 e. The summed E-state index contributed by atoms with van der Waals surface area (Å²) < 4.78 is 6.32. The standard InChI is InChI=1S/C17H11IO2/c18-16(13-9-5-2-6-10-13)17-14(11-15(19)20-17)12-7-3-1-4-8-12/h1-11H/b17-16+. The van der Waals surface area contributed by atoms with E-state index in [1.807, 2.05) is 60.7 Å². The molecule has 3 rings (SSSR count). The third-order valence-corrected chi connectivity index (χ3v) is 4.13. The van der Waals surface area contributed by atoms with Crippen LogP contribution in [0.5, 0.6) is 0 Å². The van der Waals surface area contributed by atoms with Gasteiger partial charge in [-0.1, -0.05) is 60.7 Å². The first-order valence-corrected chi connectivity index (χ1v) is 7.28. The van der Waals surface area contributed by atoms with E-state index in [-0.39, 0.29) is 5.97 Å². The lowest BCUT2D eigenvalue weighted by Gasteiger charge is -2.08. The van der Waals surface area contributed by atoms with Gasteiger partial charge in [0.05, 0.1) is 3.58 Å². The number of ether oxygens (including phenoxy) is 1. The zero-order valence-corrected chi connectivity index (χ0v) is 12.7. The molecule has 98 valence electrons. The van der Waals surface area contributed by atoms with E-state index in [2.05, 4.69) is 22.6 Å². The summed E-state index contributed by atoms with van der Waals surface area (Å²) >= 11 is 2.22. The van der Waals surface area contributed by atoms with Crippen molar-refractivity contribution >= 4 is 37.7 Å². The van der Waals surface area contributed by atoms with Gasteiger partial charge < -0.3 is 4.74 Å². The van der Waals surface area contributed by atoms with Crippen LogP contribution in [0.4, 0.5) is 0 Å². The predicted molar refractivity (Wildman–Crippen MR) is 87.9 cm³/mol. The molecule has 0 radical (unpaired) electrons. The van der Waals surface area contributed by atoms with Crippen molar-refractivity contribution in [2.75, 3.05) is 0 Å². The summed E-state index contributed by atoms with van der Waals surface area (Å²) in [4.78, 5) is 11.6. The Labute approximate surface area is 130 Å². The van der Waals surface area contributed by atoms with Crippen molar-refractivity contribution in [1.82, 2.24) is 0 Å². The van der Waals surface area contributed by atoms with Crippen LogP contribution in [0.1, 0.15) is 11.1 Å². The lowest BCUT2D eigenvalue weighted by Crippen LogP contribution is -1.94. The number of benzene rings is 2. The summed E-state index contributed by atoms with van der Waals surface area (Å²) in [5.41, 5.74) is 2.86. The van der Waals surface area contributed by atoms with Crippen LogP contribution in [0.25, 0.3) is 9.15 Å². The lowest BCUT2D eigenvalue weighted by molar-refractivity contribution is -0.132. The van der Waals surface area contributed by atoms with Gasteiger partial charge in [0.1, 0.15) is 0 Å². The number of allylic oxidation sites excluding steroid dienone is 1. The minimum absolute atomic E-state index is 0.316. The molecular weight excluding hydrogens is 363 g/mol. The fourth-order valence-corrected chi connectivity index (χ4v) is 2.84. The SMILES string of the molecule is O=C1C=C(c2ccccc2)/C(=C(\I)c2ccccc2)O1. The van der Waals surface area contributed by atoms with Gasteiger partial charge in [0, 0.05) is 11.6 Å². The number of halogens is 1. The number of carbonyl (C=O) groups is 1. The highest BCUT2D eigenvalue weighted by molar-refractivity contribution is 14.1. The molecule has 0 bridgehead atoms. The Kier molecular flexibility index (Phi) is 3.69. The molecule has 0 aliphatic carbocycles. The third-order valence-electron chi connectivity index (χ3n) is 3.02. The number of carbonyl (C=O) groups excluding carboxylic acids is 1. The van der Waals surface area contributed by atoms with Crippen molar-refractivity contribution in [3.63, 3.8) is 0 Å². The Morgan fingerprint density at radius 2 is 1.50 bits per heavy atom. The number of esters is 1. The van der Waals surface area contributed by atoms with E-state index in [0.717, 1.165) is 20.3 Å². The van der Waals surface area contributed by atoms with Crippen molar-refractivity contribution in [1.29, 1.82) is 0 Å². The Bertz CT molecular complexity index is 700. The molecule has 0 unspecified atom stereocenters. The molecule has 0 atom stereocenters. The maximum Gasteiger partial charge on any atom is 0.336 e. The zero-order valence-electron chi connectivity index (χ0n) is 10.5. The molecule has 0 saturated heterocycles. The molecule has 2 aromatic rings. The molecule has 2 aromatic carbocycles. The first kappa shape index (κ1) is 13.1. The molecule has 3 heteroatoms. The van der Waals surface area contributed by atoms with Crippen LogP contribution in [0.15, 0.2) is 72.5 Å². The summed E-state index contributed by atoms with van der Waals surface area (Å²) in [6.07, 6.45) is 1.55. The van der Waals surface area contributed by atoms with Crippen LogP contribution >= 0.6 is 22.6 Å². The van der Waals surface area contributed by atoms with Gasteiger partial charge >= 0.3 is 5.97 Å². The van der Waals surface area contributed by atoms with Crippen molar-refractivity contribution in [2.24, 2.45) is 0 Å². The van der Waals surface area contributed by atoms with Gasteiger partial charge in [-0.3, -0.25) is 0 Å². The second kappa shape index (κ2) is 5.63. The van der Waals surface area contributed by atoms with Gasteiger partial charge in [-0.05, 0) is 33.7 Å². The van der Waals surface area contributed by atoms with Gasteiger partial charge in [-0.2, -0.15) is 0 Å². The monoisotopic (exact) mass is 374 g/mol. The molecule has 2 nitrogen and oxygen atoms in total. The van der Waals surface area contributed by atoms with Crippen LogP contribution in [0.3, 0.4) is 0 Å². The van der Waals surface area contributed by atoms with Gasteiger partial charge in [-0.25, -0.2) is 4.79 Å². The van der Waals surface area contributed by atoms with E-state index < -0.39 is 0 Å². The second-order valence-electron chi connectivity index (χ2n) is 4.35. The lowest BCUT2D eigenvalue weighted by atomic mass is 10.0. The van der Waals surface area contributed by atoms with E-state index in [9.17, 15) is 4.79 Å². The molecule has 20 heavy (non-hydrogen) atoms. The van der Waals surface area contributed by atoms with Gasteiger partial charge in [0.25, 0.3) is 0 Å². The molecule has 1 heterocycles. The number of hydrogen-bond acceptors (Lipinski definition) is 2. The molecule has 0 spiro atoms. The fourth-order valence-electron chi connectivity index (χ4n) is 2.08. The van der Waals surface area contributed by atoms with E-state index >= 15 is 0 Å². The molecule has 0 aromatic heterocycles. The summed E-state index contributed by atoms with van der Waals surface area (Å²) in [6, 6.07) is 19.7. The second-order valence-corrected chi connectivity index (χ2v) is 5.43. The van der Waals surface area contributed by atoms with Crippen LogP contribution in [-0.4, -0.2) is 5.97 Å². The largest absolute Gasteiger partial charge is 0.422 e. The molecular formula is C17H11IO2. The quantitative estimate of drug-likeness (QED) is 0.574. The Balaban J connectivity index is 2.10. The summed E-state index contributed by atoms with van der Waals surface area (Å²) in [5, 5.41) is 0. The first-order valence-electron chi connectivity index (χ1n) is 6.20. The highest BCUT2D eigenvalue weighted by Gasteiger charge is 2.24. The zero-order chi connectivity index (χ0) is 13.9. The molecule has 0 amide bonds. The number of cyclic esters (lactones) is 1. The minimum atomic E-state index is -0.316. The fraction of sp³-hybridized carbons (Fsp3) is 0. The summed E-state index contributed by atoms with van der Waals surface area (Å²) in [7, 11) is 0. The topological polar surface area (TPSA) is 26.3 Å². The van der Waals surface area contributed by atoms with E-state index in [1.54, 1.807) is 6.08 Å². The Morgan fingerprint density at radius 1 is 0.900 bits per heavy atom. The van der Waals surface area contributed by atoms with Crippen molar-refractivity contribution < 1.29 is 9.53 Å². The van der Waals surface area contributed by atoms with Gasteiger partial charge in [0.15, 0.2) is 5.76 Å². The first-order chi connectivity index (χ1) is 9.75. The molecule has 0 fully saturated rings. The molecule has 0 saturated carbocycles. The van der Waals surface area contributed by atoms with Gasteiger partial charge in [-0.15, -0.1) is 0 Å². The van der Waals surface area contributed by atoms with Gasteiger partial charge in [0.2, 0.25) is 0 Å². The van der Waals surface area contributed by atoms with E-state index in [0.29, 0.717) is 5.76 Å². The highest BCUT2D eigenvalue weighted by atomic mass is 127. The predicted octanol–water partition coefficient (Wildman–Crippen LogP) is 4.43. The van der Waals surface area contributed by atoms with Crippen LogP contribution in [0, 0.1) is 0 Å². The normalized spacial score (nSPS) is 16.6. The molecule has 1 aliphatic rings. The van der Waals surface area contributed by atoms with E-state index in [1.165, 1.54) is 0 Å². The van der Waals surface area contributed by atoms with E-state index in [4.69, 9.17) is 4.74 Å². The van der Waals surface area contributed by atoms with Crippen LogP contribution < -0.4 is 0 Å². The van der Waals surface area contributed by atoms with Crippen LogP contribution in [-0.2, 0) is 9.53 Å².